The first-order valence-corrected chi connectivity index (χ1v) is 6.05. The van der Waals surface area contributed by atoms with Crippen LogP contribution in [0.1, 0.15) is 37.8 Å². The van der Waals surface area contributed by atoms with Gasteiger partial charge in [0.05, 0.1) is 13.2 Å². The largest absolute Gasteiger partial charge is 0.494 e. The number of benzene rings is 1. The van der Waals surface area contributed by atoms with E-state index in [9.17, 15) is 0 Å². The van der Waals surface area contributed by atoms with E-state index in [0.29, 0.717) is 6.61 Å². The second-order valence-electron chi connectivity index (χ2n) is 4.00. The summed E-state index contributed by atoms with van der Waals surface area (Å²) in [6, 6.07) is 4.05. The minimum absolute atomic E-state index is 0.691. The van der Waals surface area contributed by atoms with Gasteiger partial charge in [-0.2, -0.15) is 0 Å². The van der Waals surface area contributed by atoms with Crippen LogP contribution in [-0.2, 0) is 0 Å². The van der Waals surface area contributed by atoms with E-state index in [1.807, 2.05) is 13.0 Å². The summed E-state index contributed by atoms with van der Waals surface area (Å²) < 4.78 is 11.3. The van der Waals surface area contributed by atoms with Gasteiger partial charge in [0.2, 0.25) is 0 Å². The number of aryl methyl sites for hydroxylation is 1. The molecule has 0 heterocycles. The lowest BCUT2D eigenvalue weighted by Gasteiger charge is -2.13. The molecule has 16 heavy (non-hydrogen) atoms. The van der Waals surface area contributed by atoms with Gasteiger partial charge in [-0.3, -0.25) is 0 Å². The van der Waals surface area contributed by atoms with Crippen molar-refractivity contribution in [2.24, 2.45) is 0 Å². The molecule has 90 valence electrons. The van der Waals surface area contributed by atoms with Gasteiger partial charge < -0.3 is 9.47 Å². The van der Waals surface area contributed by atoms with Gasteiger partial charge in [-0.15, -0.1) is 0 Å². The molecule has 0 saturated heterocycles. The van der Waals surface area contributed by atoms with Crippen molar-refractivity contribution in [1.29, 1.82) is 0 Å². The van der Waals surface area contributed by atoms with Crippen molar-refractivity contribution in [2.75, 3.05) is 13.2 Å². The van der Waals surface area contributed by atoms with E-state index in [1.54, 1.807) is 0 Å². The van der Waals surface area contributed by atoms with Crippen LogP contribution < -0.4 is 9.47 Å². The molecule has 1 aromatic carbocycles. The average Bonchev–Trinajstić information content (AvgIpc) is 2.25. The number of rotatable bonds is 6. The predicted molar refractivity (Wildman–Crippen MR) is 67.5 cm³/mol. The fourth-order valence-electron chi connectivity index (χ4n) is 1.52. The van der Waals surface area contributed by atoms with Crippen molar-refractivity contribution in [1.82, 2.24) is 0 Å². The van der Waals surface area contributed by atoms with Crippen molar-refractivity contribution in [3.8, 4) is 11.5 Å². The highest BCUT2D eigenvalue weighted by atomic mass is 16.5. The van der Waals surface area contributed by atoms with Crippen LogP contribution in [0, 0.1) is 13.8 Å². The van der Waals surface area contributed by atoms with Crippen LogP contribution in [-0.4, -0.2) is 13.2 Å². The van der Waals surface area contributed by atoms with Gasteiger partial charge in [-0.25, -0.2) is 0 Å². The molecule has 0 amide bonds. The van der Waals surface area contributed by atoms with E-state index < -0.39 is 0 Å². The van der Waals surface area contributed by atoms with Crippen LogP contribution in [0.25, 0.3) is 0 Å². The van der Waals surface area contributed by atoms with Crippen LogP contribution in [0.3, 0.4) is 0 Å². The highest BCUT2D eigenvalue weighted by molar-refractivity contribution is 5.45. The maximum atomic E-state index is 5.77. The molecule has 0 aliphatic carbocycles. The molecule has 0 atom stereocenters. The zero-order chi connectivity index (χ0) is 12.0. The Morgan fingerprint density at radius 2 is 1.81 bits per heavy atom. The zero-order valence-corrected chi connectivity index (χ0v) is 10.8. The Hall–Kier alpha value is -1.18. The van der Waals surface area contributed by atoms with Crippen LogP contribution >= 0.6 is 0 Å². The topological polar surface area (TPSA) is 18.5 Å². The molecule has 2 nitrogen and oxygen atoms in total. The fourth-order valence-corrected chi connectivity index (χ4v) is 1.52. The molecule has 0 unspecified atom stereocenters. The SMILES string of the molecule is CCCCOc1cc(OCC)cc(C)c1C. The first kappa shape index (κ1) is 12.9. The summed E-state index contributed by atoms with van der Waals surface area (Å²) in [5, 5.41) is 0. The summed E-state index contributed by atoms with van der Waals surface area (Å²) in [6.45, 7) is 9.81. The predicted octanol–water partition coefficient (Wildman–Crippen LogP) is 3.88. The van der Waals surface area contributed by atoms with Crippen LogP contribution in [0.5, 0.6) is 11.5 Å². The normalized spacial score (nSPS) is 10.2. The highest BCUT2D eigenvalue weighted by Crippen LogP contribution is 2.28. The fraction of sp³-hybridized carbons (Fsp3) is 0.571. The van der Waals surface area contributed by atoms with Crippen LogP contribution in [0.2, 0.25) is 0 Å². The maximum absolute atomic E-state index is 5.77. The highest BCUT2D eigenvalue weighted by Gasteiger charge is 2.06. The molecule has 0 spiro atoms. The molecule has 0 aliphatic rings. The molecule has 0 N–H and O–H groups in total. The Morgan fingerprint density at radius 1 is 1.06 bits per heavy atom. The smallest absolute Gasteiger partial charge is 0.126 e. The molecule has 1 rings (SSSR count). The van der Waals surface area contributed by atoms with Crippen molar-refractivity contribution in [3.05, 3.63) is 23.3 Å². The average molecular weight is 222 g/mol. The summed E-state index contributed by atoms with van der Waals surface area (Å²) >= 11 is 0. The minimum Gasteiger partial charge on any atom is -0.494 e. The monoisotopic (exact) mass is 222 g/mol. The summed E-state index contributed by atoms with van der Waals surface area (Å²) in [5.74, 6) is 1.86. The van der Waals surface area contributed by atoms with E-state index in [1.165, 1.54) is 11.1 Å². The zero-order valence-electron chi connectivity index (χ0n) is 10.8. The van der Waals surface area contributed by atoms with Gasteiger partial charge >= 0.3 is 0 Å². The van der Waals surface area contributed by atoms with Gasteiger partial charge in [0.25, 0.3) is 0 Å². The standard InChI is InChI=1S/C14H22O2/c1-5-7-8-16-14-10-13(15-6-2)9-11(3)12(14)4/h9-10H,5-8H2,1-4H3. The lowest BCUT2D eigenvalue weighted by atomic mass is 10.1. The second-order valence-corrected chi connectivity index (χ2v) is 4.00. The number of hydrogen-bond acceptors (Lipinski definition) is 2. The summed E-state index contributed by atoms with van der Waals surface area (Å²) in [4.78, 5) is 0. The van der Waals surface area contributed by atoms with Crippen molar-refractivity contribution < 1.29 is 9.47 Å². The molecule has 0 saturated carbocycles. The molecule has 0 radical (unpaired) electrons. The summed E-state index contributed by atoms with van der Waals surface area (Å²) in [5.41, 5.74) is 2.43. The molecule has 2 heteroatoms. The van der Waals surface area contributed by atoms with Crippen LogP contribution in [0.15, 0.2) is 12.1 Å². The lowest BCUT2D eigenvalue weighted by molar-refractivity contribution is 0.300. The van der Waals surface area contributed by atoms with Gasteiger partial charge in [0.15, 0.2) is 0 Å². The third kappa shape index (κ3) is 3.44. The molecule has 0 fully saturated rings. The second kappa shape index (κ2) is 6.41. The molecular formula is C14H22O2. The molecule has 0 aromatic heterocycles. The van der Waals surface area contributed by atoms with E-state index in [0.717, 1.165) is 30.9 Å². The Kier molecular flexibility index (Phi) is 5.17. The summed E-state index contributed by atoms with van der Waals surface area (Å²) in [7, 11) is 0. The quantitative estimate of drug-likeness (QED) is 0.680. The van der Waals surface area contributed by atoms with Gasteiger partial charge in [-0.1, -0.05) is 13.3 Å². The van der Waals surface area contributed by atoms with E-state index in [2.05, 4.69) is 26.8 Å². The molecule has 1 aromatic rings. The van der Waals surface area contributed by atoms with Crippen LogP contribution in [0.4, 0.5) is 0 Å². The molecule has 0 aliphatic heterocycles. The van der Waals surface area contributed by atoms with Gasteiger partial charge in [0, 0.05) is 6.07 Å². The maximum Gasteiger partial charge on any atom is 0.126 e. The Labute approximate surface area is 98.6 Å². The van der Waals surface area contributed by atoms with Crippen molar-refractivity contribution in [2.45, 2.75) is 40.5 Å². The Balaban J connectivity index is 2.79. The number of hydrogen-bond donors (Lipinski definition) is 0. The first-order valence-electron chi connectivity index (χ1n) is 6.05. The van der Waals surface area contributed by atoms with Crippen molar-refractivity contribution in [3.63, 3.8) is 0 Å². The lowest BCUT2D eigenvalue weighted by Crippen LogP contribution is -2.01. The minimum atomic E-state index is 0.691. The third-order valence-corrected chi connectivity index (χ3v) is 2.66. The van der Waals surface area contributed by atoms with E-state index >= 15 is 0 Å². The Bertz CT molecular complexity index is 332. The van der Waals surface area contributed by atoms with Gasteiger partial charge in [0.1, 0.15) is 11.5 Å². The van der Waals surface area contributed by atoms with E-state index in [4.69, 9.17) is 9.47 Å². The Morgan fingerprint density at radius 3 is 2.44 bits per heavy atom. The third-order valence-electron chi connectivity index (χ3n) is 2.66. The molecular weight excluding hydrogens is 200 g/mol. The number of ether oxygens (including phenoxy) is 2. The number of unbranched alkanes of at least 4 members (excludes halogenated alkanes) is 1. The molecule has 0 bridgehead atoms. The summed E-state index contributed by atoms with van der Waals surface area (Å²) in [6.07, 6.45) is 2.25. The first-order chi connectivity index (χ1) is 7.69. The van der Waals surface area contributed by atoms with E-state index in [-0.39, 0.29) is 0 Å². The van der Waals surface area contributed by atoms with Gasteiger partial charge in [-0.05, 0) is 44.4 Å². The van der Waals surface area contributed by atoms with Crippen molar-refractivity contribution >= 4 is 0 Å².